The van der Waals surface area contributed by atoms with E-state index < -0.39 is 6.10 Å². The van der Waals surface area contributed by atoms with Crippen LogP contribution in [-0.2, 0) is 6.54 Å². The number of ether oxygens (including phenoxy) is 1. The molecule has 0 saturated carbocycles. The van der Waals surface area contributed by atoms with E-state index in [9.17, 15) is 9.90 Å². The van der Waals surface area contributed by atoms with Crippen molar-refractivity contribution in [3.63, 3.8) is 0 Å². The molecular weight excluding hydrogens is 324 g/mol. The number of aliphatic hydroxyl groups is 1. The zero-order valence-electron chi connectivity index (χ0n) is 13.9. The zero-order valence-corrected chi connectivity index (χ0v) is 14.8. The molecule has 3 aromatic rings. The lowest BCUT2D eigenvalue weighted by atomic mass is 10.1. The predicted octanol–water partition coefficient (Wildman–Crippen LogP) is 2.82. The number of aliphatic hydroxyl groups excluding tert-OH is 1. The molecule has 3 rings (SSSR count). The van der Waals surface area contributed by atoms with Crippen molar-refractivity contribution >= 4 is 21.6 Å². The van der Waals surface area contributed by atoms with Crippen molar-refractivity contribution in [2.24, 2.45) is 0 Å². The van der Waals surface area contributed by atoms with Crippen LogP contribution in [0, 0.1) is 20.8 Å². The van der Waals surface area contributed by atoms with E-state index in [-0.39, 0.29) is 18.7 Å². The lowest BCUT2D eigenvalue weighted by Gasteiger charge is -2.17. The predicted molar refractivity (Wildman–Crippen MR) is 96.0 cm³/mol. The number of thiophene rings is 1. The minimum absolute atomic E-state index is 0.124. The Labute approximate surface area is 144 Å². The number of aryl methyl sites for hydroxylation is 2. The third-order valence-corrected chi connectivity index (χ3v) is 4.97. The monoisotopic (exact) mass is 344 g/mol. The van der Waals surface area contributed by atoms with Crippen LogP contribution in [0.1, 0.15) is 16.7 Å². The van der Waals surface area contributed by atoms with Crippen LogP contribution >= 0.6 is 11.3 Å². The molecule has 5 nitrogen and oxygen atoms in total. The van der Waals surface area contributed by atoms with Crippen LogP contribution in [0.5, 0.6) is 5.75 Å². The molecule has 0 unspecified atom stereocenters. The highest BCUT2D eigenvalue weighted by Gasteiger charge is 2.13. The van der Waals surface area contributed by atoms with Crippen LogP contribution in [0.25, 0.3) is 10.2 Å². The van der Waals surface area contributed by atoms with Gasteiger partial charge in [-0.1, -0.05) is 12.1 Å². The van der Waals surface area contributed by atoms with E-state index in [0.717, 1.165) is 22.4 Å². The largest absolute Gasteiger partial charge is 0.490 e. The van der Waals surface area contributed by atoms with Gasteiger partial charge in [0.1, 0.15) is 23.3 Å². The highest BCUT2D eigenvalue weighted by atomic mass is 32.1. The summed E-state index contributed by atoms with van der Waals surface area (Å²) in [6.07, 6.45) is 0.688. The van der Waals surface area contributed by atoms with Gasteiger partial charge in [-0.05, 0) is 48.9 Å². The Bertz CT molecular complexity index is 930. The van der Waals surface area contributed by atoms with Gasteiger partial charge in [-0.3, -0.25) is 9.36 Å². The maximum absolute atomic E-state index is 12.3. The first kappa shape index (κ1) is 16.7. The maximum Gasteiger partial charge on any atom is 0.262 e. The number of hydrogen-bond acceptors (Lipinski definition) is 5. The summed E-state index contributed by atoms with van der Waals surface area (Å²) in [5.74, 6) is 0.799. The highest BCUT2D eigenvalue weighted by molar-refractivity contribution is 7.16. The fourth-order valence-electron chi connectivity index (χ4n) is 2.63. The first-order valence-electron chi connectivity index (χ1n) is 7.77. The van der Waals surface area contributed by atoms with Gasteiger partial charge in [0.2, 0.25) is 0 Å². The average Bonchev–Trinajstić information content (AvgIpc) is 3.03. The zero-order chi connectivity index (χ0) is 17.3. The van der Waals surface area contributed by atoms with Crippen molar-refractivity contribution in [3.05, 3.63) is 57.0 Å². The van der Waals surface area contributed by atoms with Crippen LogP contribution in [0.2, 0.25) is 0 Å². The third-order valence-electron chi connectivity index (χ3n) is 4.15. The lowest BCUT2D eigenvalue weighted by Crippen LogP contribution is -2.30. The number of aromatic nitrogens is 2. The van der Waals surface area contributed by atoms with Gasteiger partial charge in [0, 0.05) is 0 Å². The second-order valence-corrected chi connectivity index (χ2v) is 6.85. The molecule has 0 aliphatic rings. The number of benzene rings is 1. The Kier molecular flexibility index (Phi) is 4.69. The summed E-state index contributed by atoms with van der Waals surface area (Å²) in [5.41, 5.74) is 3.11. The van der Waals surface area contributed by atoms with Crippen LogP contribution in [0.3, 0.4) is 0 Å². The second kappa shape index (κ2) is 6.75. The van der Waals surface area contributed by atoms with E-state index in [1.54, 1.807) is 6.07 Å². The van der Waals surface area contributed by atoms with Crippen molar-refractivity contribution in [1.29, 1.82) is 0 Å². The minimum atomic E-state index is -0.792. The SMILES string of the molecule is Cc1ccc(C)c(OC[C@@H](O)Cn2cnc3sccc3c2=O)c1C. The molecule has 0 amide bonds. The summed E-state index contributed by atoms with van der Waals surface area (Å²) in [7, 11) is 0. The van der Waals surface area contributed by atoms with Gasteiger partial charge in [0.15, 0.2) is 0 Å². The normalized spacial score (nSPS) is 12.5. The van der Waals surface area contributed by atoms with Gasteiger partial charge >= 0.3 is 0 Å². The molecule has 6 heteroatoms. The van der Waals surface area contributed by atoms with Crippen LogP contribution < -0.4 is 10.3 Å². The van der Waals surface area contributed by atoms with Gasteiger partial charge < -0.3 is 9.84 Å². The topological polar surface area (TPSA) is 64.3 Å². The van der Waals surface area contributed by atoms with Crippen LogP contribution in [-0.4, -0.2) is 27.4 Å². The van der Waals surface area contributed by atoms with E-state index in [2.05, 4.69) is 11.1 Å². The van der Waals surface area contributed by atoms with Crippen molar-refractivity contribution in [3.8, 4) is 5.75 Å². The second-order valence-electron chi connectivity index (χ2n) is 5.96. The molecule has 126 valence electrons. The van der Waals surface area contributed by atoms with Gasteiger partial charge in [-0.2, -0.15) is 0 Å². The maximum atomic E-state index is 12.3. The van der Waals surface area contributed by atoms with Crippen molar-refractivity contribution in [2.75, 3.05) is 6.61 Å². The summed E-state index contributed by atoms with van der Waals surface area (Å²) in [5, 5.41) is 12.7. The average molecular weight is 344 g/mol. The Morgan fingerprint density at radius 1 is 1.25 bits per heavy atom. The van der Waals surface area contributed by atoms with Crippen molar-refractivity contribution in [2.45, 2.75) is 33.4 Å². The summed E-state index contributed by atoms with van der Waals surface area (Å²) < 4.78 is 7.24. The Morgan fingerprint density at radius 2 is 2.00 bits per heavy atom. The summed E-state index contributed by atoms with van der Waals surface area (Å²) in [6, 6.07) is 5.81. The van der Waals surface area contributed by atoms with E-state index in [0.29, 0.717) is 10.2 Å². The fraction of sp³-hybridized carbons (Fsp3) is 0.333. The van der Waals surface area contributed by atoms with Crippen LogP contribution in [0.15, 0.2) is 34.7 Å². The van der Waals surface area contributed by atoms with E-state index in [1.165, 1.54) is 22.2 Å². The van der Waals surface area contributed by atoms with Gasteiger partial charge in [-0.25, -0.2) is 4.98 Å². The number of hydrogen-bond donors (Lipinski definition) is 1. The molecule has 1 N–H and O–H groups in total. The summed E-state index contributed by atoms with van der Waals surface area (Å²) >= 11 is 1.43. The molecule has 0 aliphatic carbocycles. The lowest BCUT2D eigenvalue weighted by molar-refractivity contribution is 0.0908. The summed E-state index contributed by atoms with van der Waals surface area (Å²) in [4.78, 5) is 17.3. The molecule has 0 saturated heterocycles. The third kappa shape index (κ3) is 3.20. The molecule has 1 atom stereocenters. The molecule has 2 heterocycles. The fourth-order valence-corrected chi connectivity index (χ4v) is 3.35. The Balaban J connectivity index is 1.72. The number of rotatable bonds is 5. The van der Waals surface area contributed by atoms with Gasteiger partial charge in [0.05, 0.1) is 18.3 Å². The first-order chi connectivity index (χ1) is 11.5. The molecule has 0 aliphatic heterocycles. The quantitative estimate of drug-likeness (QED) is 0.773. The summed E-state index contributed by atoms with van der Waals surface area (Å²) in [6.45, 7) is 6.29. The Morgan fingerprint density at radius 3 is 2.79 bits per heavy atom. The van der Waals surface area contributed by atoms with Crippen LogP contribution in [0.4, 0.5) is 0 Å². The van der Waals surface area contributed by atoms with Crippen molar-refractivity contribution < 1.29 is 9.84 Å². The molecule has 1 aromatic carbocycles. The molecule has 0 radical (unpaired) electrons. The molecule has 2 aromatic heterocycles. The van der Waals surface area contributed by atoms with Gasteiger partial charge in [-0.15, -0.1) is 11.3 Å². The molecule has 0 fully saturated rings. The van der Waals surface area contributed by atoms with Crippen molar-refractivity contribution in [1.82, 2.24) is 9.55 Å². The number of nitrogens with zero attached hydrogens (tertiary/aromatic N) is 2. The van der Waals surface area contributed by atoms with E-state index in [4.69, 9.17) is 4.74 Å². The van der Waals surface area contributed by atoms with Gasteiger partial charge in [0.25, 0.3) is 5.56 Å². The molecular formula is C18H20N2O3S. The molecule has 24 heavy (non-hydrogen) atoms. The molecule has 0 bridgehead atoms. The standard InChI is InChI=1S/C18H20N2O3S/c1-11-4-5-12(2)16(13(11)3)23-9-14(21)8-20-10-19-17-15(18(20)22)6-7-24-17/h4-7,10,14,21H,8-9H2,1-3H3/t14-/m0/s1. The Hall–Kier alpha value is -2.18. The smallest absolute Gasteiger partial charge is 0.262 e. The molecule has 0 spiro atoms. The number of fused-ring (bicyclic) bond motifs is 1. The minimum Gasteiger partial charge on any atom is -0.490 e. The highest BCUT2D eigenvalue weighted by Crippen LogP contribution is 2.25. The van der Waals surface area contributed by atoms with E-state index in [1.807, 2.05) is 32.2 Å². The first-order valence-corrected chi connectivity index (χ1v) is 8.65. The van der Waals surface area contributed by atoms with E-state index >= 15 is 0 Å².